The molecule has 5 heavy (non-hydrogen) atoms. The van der Waals surface area contributed by atoms with Crippen molar-refractivity contribution in [1.29, 1.82) is 0 Å². The first kappa shape index (κ1) is 1410. The van der Waals surface area contributed by atoms with Gasteiger partial charge >= 0.3 is 7.43 Å². The Hall–Kier alpha value is 0.260. The van der Waals surface area contributed by atoms with Crippen molar-refractivity contribution < 1.29 is 0 Å². The van der Waals surface area contributed by atoms with E-state index in [0.717, 1.165) is 0 Å². The molecule has 0 atom stereocenters. The second kappa shape index (κ2) is 671. The molecular weight excluding hydrogens is 55.3 g/mol. The van der Waals surface area contributed by atoms with Gasteiger partial charge < -0.3 is 0 Å². The topological polar surface area (TPSA) is 0 Å². The average molecular weight is 71.4 g/mol. The molecule has 0 amide bonds. The van der Waals surface area contributed by atoms with Crippen LogP contribution in [0.25, 0.3) is 0 Å². The maximum Gasteiger partial charge on any atom is 4.00 e. The standard InChI is InChI=1S/C.4BH4/h;4*1H4/q+4;4*-1. The zero-order chi connectivity index (χ0) is 0. The van der Waals surface area contributed by atoms with Crippen LogP contribution in [0.4, 0.5) is 0 Å². The van der Waals surface area contributed by atoms with Gasteiger partial charge in [-0.3, -0.25) is 0 Å². The van der Waals surface area contributed by atoms with Gasteiger partial charge in [0.1, 0.15) is 0 Å². The van der Waals surface area contributed by atoms with Crippen molar-refractivity contribution in [3.05, 3.63) is 7.43 Å². The van der Waals surface area contributed by atoms with Gasteiger partial charge in [0.25, 0.3) is 0 Å². The van der Waals surface area contributed by atoms with Crippen LogP contribution in [-0.2, 0) is 0 Å². The molecule has 0 aliphatic carbocycles. The normalized spacial score (nSPS) is 0. The molecule has 0 aromatic carbocycles. The summed E-state index contributed by atoms with van der Waals surface area (Å²) in [5.41, 5.74) is 0. The molecule has 4 heteroatoms. The largest absolute Gasteiger partial charge is 4.00 e. The third-order valence-corrected chi connectivity index (χ3v) is 0. The van der Waals surface area contributed by atoms with Crippen molar-refractivity contribution in [1.82, 2.24) is 0 Å². The Labute approximate surface area is 42.0 Å². The van der Waals surface area contributed by atoms with E-state index in [0.29, 0.717) is 0 Å². The first-order valence-corrected chi connectivity index (χ1v) is 0. The van der Waals surface area contributed by atoms with Crippen molar-refractivity contribution >= 4 is 33.7 Å². The van der Waals surface area contributed by atoms with E-state index in [1.165, 1.54) is 0 Å². The molecule has 0 aromatic rings. The predicted molar refractivity (Wildman–Crippen MR) is 48.6 cm³/mol. The summed E-state index contributed by atoms with van der Waals surface area (Å²) in [5, 5.41) is 0. The molecule has 0 aliphatic heterocycles. The van der Waals surface area contributed by atoms with Gasteiger partial charge in [-0.25, -0.2) is 0 Å². The van der Waals surface area contributed by atoms with Crippen LogP contribution in [0, 0.1) is 7.43 Å². The maximum absolute atomic E-state index is 0. The number of hydrogen-bond acceptors (Lipinski definition) is 0. The van der Waals surface area contributed by atoms with Crippen LogP contribution in [0.15, 0.2) is 0 Å². The molecule has 0 N–H and O–H groups in total. The third kappa shape index (κ3) is 322. The second-order valence-corrected chi connectivity index (χ2v) is 0. The first-order valence-electron chi connectivity index (χ1n) is 0. The molecule has 0 bridgehead atoms. The van der Waals surface area contributed by atoms with Gasteiger partial charge in [-0.1, -0.05) is 33.7 Å². The van der Waals surface area contributed by atoms with E-state index < -0.39 is 0 Å². The molecule has 0 saturated heterocycles. The fraction of sp³-hybridized carbons (Fsp3) is 0. The van der Waals surface area contributed by atoms with Gasteiger partial charge in [-0.15, -0.1) is 0 Å². The first-order chi connectivity index (χ1) is 0. The molecule has 0 rings (SSSR count). The molecule has 0 fully saturated rings. The van der Waals surface area contributed by atoms with Gasteiger partial charge in [0.2, 0.25) is 0 Å². The summed E-state index contributed by atoms with van der Waals surface area (Å²) >= 11 is 0. The van der Waals surface area contributed by atoms with Crippen molar-refractivity contribution in [2.45, 2.75) is 0 Å². The van der Waals surface area contributed by atoms with Crippen LogP contribution in [0.2, 0.25) is 0 Å². The minimum Gasteiger partial charge on any atom is -0.0626 e. The molecule has 0 saturated carbocycles. The summed E-state index contributed by atoms with van der Waals surface area (Å²) in [7, 11) is 0. The number of rotatable bonds is 0. The van der Waals surface area contributed by atoms with Gasteiger partial charge in [-0.2, -0.15) is 0 Å². The summed E-state index contributed by atoms with van der Waals surface area (Å²) in [6, 6.07) is 0. The van der Waals surface area contributed by atoms with Crippen LogP contribution in [-0.4, -0.2) is 33.7 Å². The van der Waals surface area contributed by atoms with Gasteiger partial charge in [0.15, 0.2) is 0 Å². The summed E-state index contributed by atoms with van der Waals surface area (Å²) in [5.74, 6) is 0. The minimum atomic E-state index is 0. The summed E-state index contributed by atoms with van der Waals surface area (Å²) in [6.07, 6.45) is 0. The molecule has 0 spiro atoms. The van der Waals surface area contributed by atoms with E-state index in [-0.39, 0.29) is 41.1 Å². The van der Waals surface area contributed by atoms with Crippen molar-refractivity contribution in [2.24, 2.45) is 0 Å². The molecule has 32 valence electrons. The van der Waals surface area contributed by atoms with Crippen molar-refractivity contribution in [3.8, 4) is 0 Å². The smallest absolute Gasteiger partial charge is 0.0626 e. The third-order valence-electron chi connectivity index (χ3n) is 0. The fourth-order valence-corrected chi connectivity index (χ4v) is 0. The molecule has 0 unspecified atom stereocenters. The molecule has 0 heterocycles. The summed E-state index contributed by atoms with van der Waals surface area (Å²) in [6.45, 7) is 0. The second-order valence-electron chi connectivity index (χ2n) is 0. The zero-order valence-corrected chi connectivity index (χ0v) is 0.500. The van der Waals surface area contributed by atoms with Crippen molar-refractivity contribution in [3.63, 3.8) is 0 Å². The Morgan fingerprint density at radius 3 is 0.400 bits per heavy atom. The van der Waals surface area contributed by atoms with E-state index in [2.05, 4.69) is 0 Å². The molecule has 0 radical (unpaired) electrons. The fourth-order valence-electron chi connectivity index (χ4n) is 0. The maximum atomic E-state index is 0. The Morgan fingerprint density at radius 2 is 0.400 bits per heavy atom. The van der Waals surface area contributed by atoms with Crippen LogP contribution in [0.3, 0.4) is 0 Å². The molecule has 0 aromatic heterocycles. The van der Waals surface area contributed by atoms with Crippen LogP contribution < -0.4 is 0 Å². The van der Waals surface area contributed by atoms with Crippen LogP contribution >= 0.6 is 0 Å². The van der Waals surface area contributed by atoms with E-state index in [9.17, 15) is 0 Å². The zero-order valence-electron chi connectivity index (χ0n) is 0.500. The van der Waals surface area contributed by atoms with E-state index in [1.807, 2.05) is 0 Å². The molecule has 0 aliphatic rings. The van der Waals surface area contributed by atoms with E-state index in [4.69, 9.17) is 0 Å². The summed E-state index contributed by atoms with van der Waals surface area (Å²) < 4.78 is 0. The van der Waals surface area contributed by atoms with E-state index >= 15 is 0 Å². The Morgan fingerprint density at radius 1 is 0.400 bits per heavy atom. The van der Waals surface area contributed by atoms with Gasteiger partial charge in [0, 0.05) is 0 Å². The molecular formula is CH16B4. The Balaban J connectivity index is 0. The number of hydrogen-bond donors (Lipinski definition) is 0. The SMILES string of the molecule is [BH4-].[BH4-].[BH4-].[BH4-].[C+4]. The predicted octanol–water partition coefficient (Wildman–Crippen LogP) is -5.73. The Kier molecular flexibility index (Phi) is 190000. The molecule has 0 nitrogen and oxygen atoms in total. The van der Waals surface area contributed by atoms with Crippen LogP contribution in [0.1, 0.15) is 0 Å². The van der Waals surface area contributed by atoms with Gasteiger partial charge in [-0.05, 0) is 0 Å². The minimum absolute atomic E-state index is 0. The summed E-state index contributed by atoms with van der Waals surface area (Å²) in [4.78, 5) is 0. The Bertz CT molecular complexity index is 3.61. The van der Waals surface area contributed by atoms with E-state index in [1.54, 1.807) is 0 Å². The van der Waals surface area contributed by atoms with Crippen LogP contribution in [0.5, 0.6) is 0 Å². The quantitative estimate of drug-likeness (QED) is 0.250. The average Bonchev–Trinajstić information content (AvgIpc) is 0. The van der Waals surface area contributed by atoms with Gasteiger partial charge in [0.05, 0.1) is 0 Å². The monoisotopic (exact) mass is 72.2 g/mol. The van der Waals surface area contributed by atoms with Crippen molar-refractivity contribution in [2.75, 3.05) is 0 Å².